The van der Waals surface area contributed by atoms with Crippen LogP contribution in [0.5, 0.6) is 0 Å². The smallest absolute Gasteiger partial charge is 0.0431 e. The summed E-state index contributed by atoms with van der Waals surface area (Å²) in [4.78, 5) is 0. The number of thioether (sulfide) groups is 1. The van der Waals surface area contributed by atoms with E-state index in [-0.39, 0.29) is 13.2 Å². The van der Waals surface area contributed by atoms with Crippen LogP contribution in [-0.4, -0.2) is 23.4 Å². The summed E-state index contributed by atoms with van der Waals surface area (Å²) in [6.07, 6.45) is 3.83. The Labute approximate surface area is 85.4 Å². The molecule has 0 bridgehead atoms. The molecule has 0 heterocycles. The molecule has 0 amide bonds. The van der Waals surface area contributed by atoms with Gasteiger partial charge in [-0.15, -0.1) is 11.8 Å². The molecule has 0 saturated heterocycles. The van der Waals surface area contributed by atoms with E-state index >= 15 is 0 Å². The minimum Gasteiger partial charge on any atom is -0.396 e. The third-order valence-corrected chi connectivity index (χ3v) is 1.64. The highest BCUT2D eigenvalue weighted by Gasteiger charge is 1.84. The fourth-order valence-electron chi connectivity index (χ4n) is 0.645. The van der Waals surface area contributed by atoms with Crippen LogP contribution in [0.1, 0.15) is 25.7 Å². The lowest BCUT2D eigenvalue weighted by molar-refractivity contribution is 0.265. The molecule has 0 spiro atoms. The zero-order chi connectivity index (χ0) is 10.4. The molecular formula is C10H20O2S. The van der Waals surface area contributed by atoms with Gasteiger partial charge in [-0.25, -0.2) is 0 Å². The Hall–Kier alpha value is -0.250. The first-order valence-corrected chi connectivity index (χ1v) is 5.36. The summed E-state index contributed by atoms with van der Waals surface area (Å²) in [7, 11) is 0. The van der Waals surface area contributed by atoms with Crippen molar-refractivity contribution >= 4 is 11.8 Å². The van der Waals surface area contributed by atoms with Crippen molar-refractivity contribution in [2.75, 3.05) is 13.2 Å². The Bertz CT molecular complexity index is 93.1. The first kappa shape index (κ1) is 15.2. The summed E-state index contributed by atoms with van der Waals surface area (Å²) in [5.74, 6) is 0. The molecular weight excluding hydrogens is 184 g/mol. The number of rotatable bonds is 7. The van der Waals surface area contributed by atoms with Gasteiger partial charge < -0.3 is 10.2 Å². The molecule has 2 N–H and O–H groups in total. The SMILES string of the molecule is C=CSC=C.OCCCCCCO. The van der Waals surface area contributed by atoms with Crippen molar-refractivity contribution in [1.82, 2.24) is 0 Å². The van der Waals surface area contributed by atoms with E-state index in [9.17, 15) is 0 Å². The monoisotopic (exact) mass is 204 g/mol. The maximum Gasteiger partial charge on any atom is 0.0431 e. The predicted molar refractivity (Wildman–Crippen MR) is 60.6 cm³/mol. The van der Waals surface area contributed by atoms with Crippen molar-refractivity contribution in [3.05, 3.63) is 24.0 Å². The fourth-order valence-corrected chi connectivity index (χ4v) is 0.781. The largest absolute Gasteiger partial charge is 0.396 e. The highest BCUT2D eigenvalue weighted by molar-refractivity contribution is 8.04. The van der Waals surface area contributed by atoms with E-state index in [2.05, 4.69) is 13.2 Å². The van der Waals surface area contributed by atoms with Gasteiger partial charge in [0.2, 0.25) is 0 Å². The molecule has 2 nitrogen and oxygen atoms in total. The van der Waals surface area contributed by atoms with Gasteiger partial charge in [0.05, 0.1) is 0 Å². The highest BCUT2D eigenvalue weighted by atomic mass is 32.2. The van der Waals surface area contributed by atoms with Crippen LogP contribution >= 0.6 is 11.8 Å². The Morgan fingerprint density at radius 2 is 1.23 bits per heavy atom. The van der Waals surface area contributed by atoms with Crippen molar-refractivity contribution in [2.24, 2.45) is 0 Å². The van der Waals surface area contributed by atoms with E-state index in [4.69, 9.17) is 10.2 Å². The van der Waals surface area contributed by atoms with Gasteiger partial charge in [-0.3, -0.25) is 0 Å². The second kappa shape index (κ2) is 17.7. The Kier molecular flexibility index (Phi) is 20.8. The van der Waals surface area contributed by atoms with E-state index < -0.39 is 0 Å². The molecule has 0 rings (SSSR count). The Morgan fingerprint density at radius 3 is 1.38 bits per heavy atom. The van der Waals surface area contributed by atoms with E-state index in [1.807, 2.05) is 0 Å². The molecule has 0 atom stereocenters. The van der Waals surface area contributed by atoms with Gasteiger partial charge in [0.25, 0.3) is 0 Å². The lowest BCUT2D eigenvalue weighted by Gasteiger charge is -1.93. The normalized spacial score (nSPS) is 8.46. The maximum absolute atomic E-state index is 8.30. The van der Waals surface area contributed by atoms with Gasteiger partial charge in [-0.05, 0) is 23.7 Å². The van der Waals surface area contributed by atoms with Gasteiger partial charge in [-0.1, -0.05) is 26.0 Å². The molecule has 0 aromatic rings. The number of unbranched alkanes of at least 4 members (excludes halogenated alkanes) is 3. The number of hydrogen-bond donors (Lipinski definition) is 2. The van der Waals surface area contributed by atoms with Crippen molar-refractivity contribution in [3.63, 3.8) is 0 Å². The molecule has 0 aliphatic rings. The molecule has 0 fully saturated rings. The van der Waals surface area contributed by atoms with Gasteiger partial charge in [0.15, 0.2) is 0 Å². The van der Waals surface area contributed by atoms with Crippen LogP contribution in [0, 0.1) is 0 Å². The van der Waals surface area contributed by atoms with Crippen LogP contribution in [0.25, 0.3) is 0 Å². The average Bonchev–Trinajstić information content (AvgIpc) is 2.15. The topological polar surface area (TPSA) is 40.5 Å². The minimum absolute atomic E-state index is 0.283. The van der Waals surface area contributed by atoms with Gasteiger partial charge in [0.1, 0.15) is 0 Å². The number of hydrogen-bond acceptors (Lipinski definition) is 3. The molecule has 0 saturated carbocycles. The molecule has 0 aliphatic heterocycles. The van der Waals surface area contributed by atoms with E-state index in [0.717, 1.165) is 25.7 Å². The lowest BCUT2D eigenvalue weighted by Crippen LogP contribution is -1.85. The van der Waals surface area contributed by atoms with E-state index in [0.29, 0.717) is 0 Å². The van der Waals surface area contributed by atoms with Crippen LogP contribution in [0.4, 0.5) is 0 Å². The summed E-state index contributed by atoms with van der Waals surface area (Å²) < 4.78 is 0. The van der Waals surface area contributed by atoms with Crippen molar-refractivity contribution in [2.45, 2.75) is 25.7 Å². The molecule has 78 valence electrons. The Balaban J connectivity index is 0. The predicted octanol–water partition coefficient (Wildman–Crippen LogP) is 2.54. The standard InChI is InChI=1S/C6H14O2.C4H6S/c7-5-3-1-2-4-6-8;1-3-5-4-2/h7-8H,1-6H2;3-4H,1-2H2. The lowest BCUT2D eigenvalue weighted by atomic mass is 10.2. The minimum atomic E-state index is 0.283. The van der Waals surface area contributed by atoms with Gasteiger partial charge in [-0.2, -0.15) is 0 Å². The van der Waals surface area contributed by atoms with Crippen LogP contribution in [0.2, 0.25) is 0 Å². The second-order valence-electron chi connectivity index (χ2n) is 2.33. The van der Waals surface area contributed by atoms with Crippen molar-refractivity contribution in [3.8, 4) is 0 Å². The number of aliphatic hydroxyl groups excluding tert-OH is 2. The number of aliphatic hydroxyl groups is 2. The zero-order valence-corrected chi connectivity index (χ0v) is 8.93. The maximum atomic E-state index is 8.30. The van der Waals surface area contributed by atoms with Crippen LogP contribution in [0.15, 0.2) is 24.0 Å². The summed E-state index contributed by atoms with van der Waals surface area (Å²) in [6.45, 7) is 7.45. The molecule has 0 radical (unpaired) electrons. The molecule has 0 aromatic carbocycles. The fraction of sp³-hybridized carbons (Fsp3) is 0.600. The highest BCUT2D eigenvalue weighted by Crippen LogP contribution is 1.97. The first-order chi connectivity index (χ1) is 6.33. The van der Waals surface area contributed by atoms with Gasteiger partial charge >= 0.3 is 0 Å². The van der Waals surface area contributed by atoms with E-state index in [1.165, 1.54) is 11.8 Å². The van der Waals surface area contributed by atoms with Crippen LogP contribution in [0.3, 0.4) is 0 Å². The quantitative estimate of drug-likeness (QED) is 0.626. The molecule has 3 heteroatoms. The molecule has 13 heavy (non-hydrogen) atoms. The third-order valence-electron chi connectivity index (χ3n) is 1.26. The summed E-state index contributed by atoms with van der Waals surface area (Å²) in [5, 5.41) is 20.1. The first-order valence-electron chi connectivity index (χ1n) is 4.42. The van der Waals surface area contributed by atoms with Crippen molar-refractivity contribution < 1.29 is 10.2 Å². The molecule has 0 unspecified atom stereocenters. The van der Waals surface area contributed by atoms with Crippen LogP contribution in [-0.2, 0) is 0 Å². The average molecular weight is 204 g/mol. The van der Waals surface area contributed by atoms with Crippen molar-refractivity contribution in [1.29, 1.82) is 0 Å². The summed E-state index contributed by atoms with van der Waals surface area (Å²) >= 11 is 1.49. The Morgan fingerprint density at radius 1 is 0.846 bits per heavy atom. The zero-order valence-electron chi connectivity index (χ0n) is 8.11. The second-order valence-corrected chi connectivity index (χ2v) is 3.27. The van der Waals surface area contributed by atoms with E-state index in [1.54, 1.807) is 10.8 Å². The molecule has 0 aliphatic carbocycles. The molecule has 0 aromatic heterocycles. The van der Waals surface area contributed by atoms with Gasteiger partial charge in [0, 0.05) is 13.2 Å². The summed E-state index contributed by atoms with van der Waals surface area (Å²) in [6, 6.07) is 0. The third kappa shape index (κ3) is 24.5. The van der Waals surface area contributed by atoms with Crippen LogP contribution < -0.4 is 0 Å². The summed E-state index contributed by atoms with van der Waals surface area (Å²) in [5.41, 5.74) is 0.